The Morgan fingerprint density at radius 3 is 2.29 bits per heavy atom. The minimum Gasteiger partial charge on any atom is -0.504 e. The quantitative estimate of drug-likeness (QED) is 0.215. The summed E-state index contributed by atoms with van der Waals surface area (Å²) in [6.07, 6.45) is -5.86. The number of alkyl halides is 7. The van der Waals surface area contributed by atoms with E-state index in [2.05, 4.69) is 5.10 Å². The molecular weight excluding hydrogens is 464 g/mol. The van der Waals surface area contributed by atoms with E-state index in [1.165, 1.54) is 6.07 Å². The molecule has 1 aromatic carbocycles. The van der Waals surface area contributed by atoms with Gasteiger partial charge in [-0.15, -0.1) is 0 Å². The first kappa shape index (κ1) is 20.6. The van der Waals surface area contributed by atoms with E-state index in [-0.39, 0.29) is 27.2 Å². The summed E-state index contributed by atoms with van der Waals surface area (Å²) in [7, 11) is 0. The van der Waals surface area contributed by atoms with Gasteiger partial charge in [-0.2, -0.15) is 35.8 Å². The molecule has 4 nitrogen and oxygen atoms in total. The molecule has 1 rings (SSSR count). The average molecular weight is 474 g/mol. The largest absolute Gasteiger partial charge is 0.504 e. The summed E-state index contributed by atoms with van der Waals surface area (Å²) < 4.78 is 92.4. The summed E-state index contributed by atoms with van der Waals surface area (Å²) in [5.74, 6) is -6.58. The molecule has 0 radical (unpaired) electrons. The molecule has 136 valence electrons. The van der Waals surface area contributed by atoms with Crippen LogP contribution in [0.4, 0.5) is 30.7 Å². The first-order chi connectivity index (χ1) is 10.8. The minimum absolute atomic E-state index is 0.0271. The number of nitrogens with zero attached hydrogens (tertiary/aromatic N) is 1. The van der Waals surface area contributed by atoms with Crippen molar-refractivity contribution in [2.45, 2.75) is 25.1 Å². The number of hydrazone groups is 1. The Labute approximate surface area is 144 Å². The van der Waals surface area contributed by atoms with E-state index in [0.29, 0.717) is 11.6 Å². The van der Waals surface area contributed by atoms with Gasteiger partial charge in [-0.3, -0.25) is 0 Å². The molecule has 0 spiro atoms. The summed E-state index contributed by atoms with van der Waals surface area (Å²) in [6, 6.07) is -3.27. The Kier molecular flexibility index (Phi) is 6.16. The molecule has 0 saturated carbocycles. The van der Waals surface area contributed by atoms with E-state index in [4.69, 9.17) is 4.74 Å². The van der Waals surface area contributed by atoms with Crippen LogP contribution in [0.1, 0.15) is 12.5 Å². The van der Waals surface area contributed by atoms with E-state index in [1.807, 2.05) is 0 Å². The SMILES string of the molecule is CCOc1cc(/C=N\NC(F)(F)C(F)(F)C(F)(F)F)cc(I)c1O. The summed E-state index contributed by atoms with van der Waals surface area (Å²) in [5.41, 5.74) is 0.527. The zero-order valence-corrected chi connectivity index (χ0v) is 13.9. The van der Waals surface area contributed by atoms with Crippen LogP contribution in [-0.4, -0.2) is 36.1 Å². The number of ether oxygens (including phenoxy) is 1. The molecule has 0 saturated heterocycles. The second-order valence-corrected chi connectivity index (χ2v) is 5.46. The molecule has 0 aliphatic heterocycles. The third kappa shape index (κ3) is 4.33. The predicted octanol–water partition coefficient (Wildman–Crippen LogP) is 4.11. The van der Waals surface area contributed by atoms with Crippen LogP contribution in [0.15, 0.2) is 17.2 Å². The van der Waals surface area contributed by atoms with Crippen molar-refractivity contribution >= 4 is 28.8 Å². The fourth-order valence-corrected chi connectivity index (χ4v) is 2.00. The summed E-state index contributed by atoms with van der Waals surface area (Å²) >= 11 is 1.68. The molecule has 1 aromatic rings. The maximum absolute atomic E-state index is 13.0. The van der Waals surface area contributed by atoms with Crippen LogP contribution in [0.2, 0.25) is 0 Å². The summed E-state index contributed by atoms with van der Waals surface area (Å²) in [5, 5.41) is 12.4. The molecule has 0 aliphatic rings. The molecule has 24 heavy (non-hydrogen) atoms. The average Bonchev–Trinajstić information content (AvgIpc) is 2.42. The summed E-state index contributed by atoms with van der Waals surface area (Å²) in [4.78, 5) is 0. The molecule has 0 amide bonds. The fraction of sp³-hybridized carbons (Fsp3) is 0.417. The molecule has 0 aliphatic carbocycles. The summed E-state index contributed by atoms with van der Waals surface area (Å²) in [6.45, 7) is 1.77. The second-order valence-electron chi connectivity index (χ2n) is 4.30. The van der Waals surface area contributed by atoms with Crippen LogP contribution >= 0.6 is 22.6 Å². The second kappa shape index (κ2) is 7.19. The normalized spacial score (nSPS) is 13.4. The number of nitrogens with one attached hydrogen (secondary N) is 1. The van der Waals surface area contributed by atoms with Crippen molar-refractivity contribution in [1.82, 2.24) is 5.43 Å². The lowest BCUT2D eigenvalue weighted by Gasteiger charge is -2.27. The smallest absolute Gasteiger partial charge is 0.462 e. The highest BCUT2D eigenvalue weighted by atomic mass is 127. The number of hydrogen-bond donors (Lipinski definition) is 2. The molecule has 0 unspecified atom stereocenters. The molecule has 0 heterocycles. The lowest BCUT2D eigenvalue weighted by molar-refractivity contribution is -0.361. The van der Waals surface area contributed by atoms with Gasteiger partial charge in [0.2, 0.25) is 0 Å². The number of aromatic hydroxyl groups is 1. The zero-order chi connectivity index (χ0) is 18.8. The third-order valence-electron chi connectivity index (χ3n) is 2.52. The Bertz CT molecular complexity index is 620. The van der Waals surface area contributed by atoms with Gasteiger partial charge in [0, 0.05) is 0 Å². The van der Waals surface area contributed by atoms with Crippen LogP contribution in [0, 0.1) is 3.57 Å². The van der Waals surface area contributed by atoms with Crippen molar-refractivity contribution in [3.05, 3.63) is 21.3 Å². The predicted molar refractivity (Wildman–Crippen MR) is 78.7 cm³/mol. The van der Waals surface area contributed by atoms with Gasteiger partial charge in [-0.25, -0.2) is 5.43 Å². The van der Waals surface area contributed by atoms with Gasteiger partial charge in [0.25, 0.3) is 0 Å². The third-order valence-corrected chi connectivity index (χ3v) is 3.34. The Balaban J connectivity index is 2.99. The fourth-order valence-electron chi connectivity index (χ4n) is 1.37. The number of phenols is 1. The molecular formula is C12H10F7IN2O2. The van der Waals surface area contributed by atoms with Crippen molar-refractivity contribution in [2.24, 2.45) is 5.10 Å². The Morgan fingerprint density at radius 2 is 1.79 bits per heavy atom. The lowest BCUT2D eigenvalue weighted by atomic mass is 10.2. The van der Waals surface area contributed by atoms with Crippen molar-refractivity contribution < 1.29 is 40.6 Å². The number of halogens is 8. The zero-order valence-electron chi connectivity index (χ0n) is 11.8. The molecule has 12 heteroatoms. The van der Waals surface area contributed by atoms with E-state index < -0.39 is 18.1 Å². The number of hydrogen-bond acceptors (Lipinski definition) is 4. The molecule has 0 fully saturated rings. The standard InChI is InChI=1S/C12H10F7IN2O2/c1-2-24-8-4-6(3-7(20)9(8)23)5-21-22-12(18,19)10(13,14)11(15,16)17/h3-5,22-23H,2H2,1H3/b21-5-. The van der Waals surface area contributed by atoms with Crippen LogP contribution in [0.5, 0.6) is 11.5 Å². The number of phenolic OH excluding ortho intramolecular Hbond substituents is 1. The maximum atomic E-state index is 13.0. The lowest BCUT2D eigenvalue weighted by Crippen LogP contribution is -2.58. The van der Waals surface area contributed by atoms with Gasteiger partial charge >= 0.3 is 18.1 Å². The monoisotopic (exact) mass is 474 g/mol. The van der Waals surface area contributed by atoms with E-state index in [9.17, 15) is 35.8 Å². The van der Waals surface area contributed by atoms with Gasteiger partial charge in [-0.1, -0.05) is 0 Å². The van der Waals surface area contributed by atoms with Gasteiger partial charge in [0.05, 0.1) is 16.4 Å². The highest BCUT2D eigenvalue weighted by Gasteiger charge is 2.73. The molecule has 2 N–H and O–H groups in total. The first-order valence-corrected chi connectivity index (χ1v) is 7.19. The number of rotatable bonds is 6. The van der Waals surface area contributed by atoms with Gasteiger partial charge in [-0.05, 0) is 47.2 Å². The van der Waals surface area contributed by atoms with Crippen LogP contribution in [0.3, 0.4) is 0 Å². The minimum atomic E-state index is -6.45. The van der Waals surface area contributed by atoms with E-state index >= 15 is 0 Å². The van der Waals surface area contributed by atoms with Crippen molar-refractivity contribution in [3.63, 3.8) is 0 Å². The van der Waals surface area contributed by atoms with Crippen LogP contribution < -0.4 is 10.2 Å². The first-order valence-electron chi connectivity index (χ1n) is 6.11. The van der Waals surface area contributed by atoms with Gasteiger partial charge < -0.3 is 9.84 Å². The molecule has 0 aromatic heterocycles. The Morgan fingerprint density at radius 1 is 1.21 bits per heavy atom. The highest BCUT2D eigenvalue weighted by Crippen LogP contribution is 2.45. The molecule has 0 atom stereocenters. The van der Waals surface area contributed by atoms with Crippen molar-refractivity contribution in [2.75, 3.05) is 6.61 Å². The maximum Gasteiger partial charge on any atom is 0.462 e. The topological polar surface area (TPSA) is 53.8 Å². The van der Waals surface area contributed by atoms with Crippen LogP contribution in [-0.2, 0) is 0 Å². The van der Waals surface area contributed by atoms with Crippen molar-refractivity contribution in [3.8, 4) is 11.5 Å². The molecule has 0 bridgehead atoms. The van der Waals surface area contributed by atoms with E-state index in [1.54, 1.807) is 29.5 Å². The highest BCUT2D eigenvalue weighted by molar-refractivity contribution is 14.1. The van der Waals surface area contributed by atoms with Gasteiger partial charge in [0.1, 0.15) is 0 Å². The van der Waals surface area contributed by atoms with Crippen LogP contribution in [0.25, 0.3) is 0 Å². The Hall–Kier alpha value is -1.47. The van der Waals surface area contributed by atoms with E-state index in [0.717, 1.165) is 6.07 Å². The van der Waals surface area contributed by atoms with Crippen molar-refractivity contribution in [1.29, 1.82) is 0 Å². The van der Waals surface area contributed by atoms with Gasteiger partial charge in [0.15, 0.2) is 11.5 Å². The number of benzene rings is 1.